The Bertz CT molecular complexity index is 816. The third kappa shape index (κ3) is 3.30. The zero-order chi connectivity index (χ0) is 20.0. The molecule has 3 fully saturated rings. The maximum absolute atomic E-state index is 12.6. The molecule has 0 radical (unpaired) electrons. The van der Waals surface area contributed by atoms with Crippen LogP contribution in [0.5, 0.6) is 0 Å². The van der Waals surface area contributed by atoms with Gasteiger partial charge in [0, 0.05) is 5.69 Å². The summed E-state index contributed by atoms with van der Waals surface area (Å²) in [5.74, 6) is -1.68. The van der Waals surface area contributed by atoms with Gasteiger partial charge in [0.05, 0.1) is 11.8 Å². The first-order valence-corrected chi connectivity index (χ1v) is 9.72. The van der Waals surface area contributed by atoms with Crippen LogP contribution in [0.1, 0.15) is 30.4 Å². The summed E-state index contributed by atoms with van der Waals surface area (Å²) in [4.78, 5) is 50.3. The fourth-order valence-electron chi connectivity index (χ4n) is 5.19. The van der Waals surface area contributed by atoms with Crippen molar-refractivity contribution in [2.75, 3.05) is 18.5 Å². The number of esters is 1. The predicted octanol–water partition coefficient (Wildman–Crippen LogP) is 1.82. The number of rotatable bonds is 5. The second-order valence-electron chi connectivity index (χ2n) is 8.23. The van der Waals surface area contributed by atoms with Crippen LogP contribution in [0.15, 0.2) is 18.2 Å². The van der Waals surface area contributed by atoms with Gasteiger partial charge in [-0.3, -0.25) is 24.1 Å². The second kappa shape index (κ2) is 7.04. The zero-order valence-corrected chi connectivity index (χ0v) is 16.1. The number of amides is 3. The molecule has 4 atom stereocenters. The summed E-state index contributed by atoms with van der Waals surface area (Å²) in [7, 11) is 0. The maximum Gasteiger partial charge on any atom is 0.326 e. The fourth-order valence-corrected chi connectivity index (χ4v) is 5.19. The zero-order valence-electron chi connectivity index (χ0n) is 16.1. The highest BCUT2D eigenvalue weighted by molar-refractivity contribution is 6.07. The molecule has 0 spiro atoms. The van der Waals surface area contributed by atoms with Crippen LogP contribution in [0.25, 0.3) is 0 Å². The number of carbonyl (C=O) groups excluding carboxylic acids is 4. The van der Waals surface area contributed by atoms with Crippen molar-refractivity contribution in [2.45, 2.75) is 33.1 Å². The average Bonchev–Trinajstić information content (AvgIpc) is 3.29. The standard InChI is InChI=1S/C21H24N2O5/c1-11-5-12(2)7-15(6-11)22-16(24)10-28-17(25)9-23-20(26)18-13-3-4-14(8-13)19(18)21(23)27/h5-7,13-14,18-19H,3-4,8-10H2,1-2H3,(H,22,24)/t13-,14-,18-,19-/m0/s1. The van der Waals surface area contributed by atoms with Gasteiger partial charge in [0.2, 0.25) is 11.8 Å². The van der Waals surface area contributed by atoms with E-state index in [2.05, 4.69) is 5.32 Å². The van der Waals surface area contributed by atoms with E-state index in [-0.39, 0.29) is 35.5 Å². The van der Waals surface area contributed by atoms with Gasteiger partial charge in [0.15, 0.2) is 6.61 Å². The number of hydrogen-bond acceptors (Lipinski definition) is 5. The van der Waals surface area contributed by atoms with Crippen LogP contribution in [0, 0.1) is 37.5 Å². The molecule has 0 aromatic heterocycles. The van der Waals surface area contributed by atoms with Crippen molar-refractivity contribution in [1.82, 2.24) is 4.90 Å². The van der Waals surface area contributed by atoms with Crippen LogP contribution in [-0.2, 0) is 23.9 Å². The maximum atomic E-state index is 12.6. The number of nitrogens with one attached hydrogen (secondary N) is 1. The number of hydrogen-bond donors (Lipinski definition) is 1. The van der Waals surface area contributed by atoms with Crippen molar-refractivity contribution in [3.63, 3.8) is 0 Å². The minimum absolute atomic E-state index is 0.251. The number of likely N-dealkylation sites (tertiary alicyclic amines) is 1. The lowest BCUT2D eigenvalue weighted by Crippen LogP contribution is -2.38. The van der Waals surface area contributed by atoms with Crippen LogP contribution in [0.4, 0.5) is 5.69 Å². The fraction of sp³-hybridized carbons (Fsp3) is 0.524. The molecule has 4 rings (SSSR count). The predicted molar refractivity (Wildman–Crippen MR) is 100 cm³/mol. The van der Waals surface area contributed by atoms with Gasteiger partial charge in [-0.25, -0.2) is 0 Å². The normalized spacial score (nSPS) is 27.9. The average molecular weight is 384 g/mol. The van der Waals surface area contributed by atoms with Crippen LogP contribution in [-0.4, -0.2) is 41.7 Å². The van der Waals surface area contributed by atoms with Crippen LogP contribution >= 0.6 is 0 Å². The van der Waals surface area contributed by atoms with E-state index in [4.69, 9.17) is 4.74 Å². The van der Waals surface area contributed by atoms with Crippen molar-refractivity contribution >= 4 is 29.4 Å². The highest BCUT2D eigenvalue weighted by Gasteiger charge is 2.61. The Kier molecular flexibility index (Phi) is 4.69. The first-order valence-electron chi connectivity index (χ1n) is 9.72. The molecule has 1 N–H and O–H groups in total. The Labute approximate surface area is 163 Å². The van der Waals surface area contributed by atoms with Crippen LogP contribution < -0.4 is 5.32 Å². The van der Waals surface area contributed by atoms with Gasteiger partial charge in [0.25, 0.3) is 5.91 Å². The van der Waals surface area contributed by atoms with E-state index in [0.29, 0.717) is 5.69 Å². The number of aryl methyl sites for hydroxylation is 2. The first kappa shape index (κ1) is 18.7. The van der Waals surface area contributed by atoms with Crippen molar-refractivity contribution in [2.24, 2.45) is 23.7 Å². The highest BCUT2D eigenvalue weighted by Crippen LogP contribution is 2.56. The van der Waals surface area contributed by atoms with Gasteiger partial charge >= 0.3 is 5.97 Å². The molecule has 2 bridgehead atoms. The van der Waals surface area contributed by atoms with E-state index in [1.165, 1.54) is 0 Å². The number of benzene rings is 1. The van der Waals surface area contributed by atoms with Gasteiger partial charge in [-0.05, 0) is 68.2 Å². The molecule has 1 saturated heterocycles. The van der Waals surface area contributed by atoms with Gasteiger partial charge in [0.1, 0.15) is 6.54 Å². The molecule has 0 unspecified atom stereocenters. The number of fused-ring (bicyclic) bond motifs is 5. The third-order valence-corrected chi connectivity index (χ3v) is 6.18. The van der Waals surface area contributed by atoms with Gasteiger partial charge in [-0.1, -0.05) is 6.07 Å². The molecule has 1 aromatic rings. The highest BCUT2D eigenvalue weighted by atomic mass is 16.5. The molecule has 28 heavy (non-hydrogen) atoms. The number of nitrogens with zero attached hydrogens (tertiary/aromatic N) is 1. The van der Waals surface area contributed by atoms with Crippen molar-refractivity contribution in [3.05, 3.63) is 29.3 Å². The first-order chi connectivity index (χ1) is 13.3. The smallest absolute Gasteiger partial charge is 0.326 e. The van der Waals surface area contributed by atoms with E-state index < -0.39 is 25.0 Å². The summed E-state index contributed by atoms with van der Waals surface area (Å²) >= 11 is 0. The van der Waals surface area contributed by atoms with E-state index >= 15 is 0 Å². The SMILES string of the molecule is Cc1cc(C)cc(NC(=O)COC(=O)CN2C(=O)[C@H]3[C@H]4CC[C@@H](C4)[C@@H]3C2=O)c1. The summed E-state index contributed by atoms with van der Waals surface area (Å²) in [5, 5.41) is 2.68. The number of ether oxygens (including phenoxy) is 1. The Balaban J connectivity index is 1.29. The molecule has 148 valence electrons. The molecule has 1 heterocycles. The second-order valence-corrected chi connectivity index (χ2v) is 8.23. The molecule has 1 aromatic carbocycles. The summed E-state index contributed by atoms with van der Waals surface area (Å²) in [5.41, 5.74) is 2.66. The lowest BCUT2D eigenvalue weighted by molar-refractivity contribution is -0.154. The van der Waals surface area contributed by atoms with Crippen LogP contribution in [0.3, 0.4) is 0 Å². The number of anilines is 1. The summed E-state index contributed by atoms with van der Waals surface area (Å²) in [6, 6.07) is 5.63. The van der Waals surface area contributed by atoms with Crippen molar-refractivity contribution in [1.29, 1.82) is 0 Å². The molecule has 2 aliphatic carbocycles. The Morgan fingerprint density at radius 2 is 1.61 bits per heavy atom. The van der Waals surface area contributed by atoms with E-state index in [1.807, 2.05) is 32.0 Å². The van der Waals surface area contributed by atoms with Crippen molar-refractivity contribution in [3.8, 4) is 0 Å². The topological polar surface area (TPSA) is 92.8 Å². The summed E-state index contributed by atoms with van der Waals surface area (Å²) < 4.78 is 4.99. The Morgan fingerprint density at radius 1 is 1.04 bits per heavy atom. The van der Waals surface area contributed by atoms with Gasteiger partial charge < -0.3 is 10.1 Å². The Hall–Kier alpha value is -2.70. The molecule has 7 nitrogen and oxygen atoms in total. The third-order valence-electron chi connectivity index (χ3n) is 6.18. The van der Waals surface area contributed by atoms with Crippen molar-refractivity contribution < 1.29 is 23.9 Å². The van der Waals surface area contributed by atoms with Gasteiger partial charge in [-0.2, -0.15) is 0 Å². The molecule has 3 amide bonds. The quantitative estimate of drug-likeness (QED) is 0.617. The number of imide groups is 1. The monoisotopic (exact) mass is 384 g/mol. The van der Waals surface area contributed by atoms with Gasteiger partial charge in [-0.15, -0.1) is 0 Å². The molecule has 3 aliphatic rings. The molecular formula is C21H24N2O5. The van der Waals surface area contributed by atoms with E-state index in [9.17, 15) is 19.2 Å². The summed E-state index contributed by atoms with van der Waals surface area (Å²) in [6.07, 6.45) is 2.92. The summed E-state index contributed by atoms with van der Waals surface area (Å²) in [6.45, 7) is 2.98. The van der Waals surface area contributed by atoms with Crippen LogP contribution in [0.2, 0.25) is 0 Å². The number of carbonyl (C=O) groups is 4. The lowest BCUT2D eigenvalue weighted by Gasteiger charge is -2.19. The molecular weight excluding hydrogens is 360 g/mol. The molecule has 2 saturated carbocycles. The van der Waals surface area contributed by atoms with E-state index in [1.54, 1.807) is 0 Å². The minimum atomic E-state index is -0.746. The molecule has 1 aliphatic heterocycles. The lowest BCUT2D eigenvalue weighted by atomic mass is 9.81. The molecule has 7 heteroatoms. The minimum Gasteiger partial charge on any atom is -0.454 e. The largest absolute Gasteiger partial charge is 0.454 e. The van der Waals surface area contributed by atoms with E-state index in [0.717, 1.165) is 35.3 Å². The Morgan fingerprint density at radius 3 is 2.18 bits per heavy atom.